The van der Waals surface area contributed by atoms with E-state index < -0.39 is 0 Å². The van der Waals surface area contributed by atoms with Gasteiger partial charge in [0, 0.05) is 49.9 Å². The molecule has 0 spiro atoms. The molecule has 0 aromatic heterocycles. The summed E-state index contributed by atoms with van der Waals surface area (Å²) in [5, 5.41) is 2.91. The van der Waals surface area contributed by atoms with Crippen LogP contribution >= 0.6 is 0 Å². The fourth-order valence-electron chi connectivity index (χ4n) is 3.36. The zero-order chi connectivity index (χ0) is 21.8. The molecule has 2 aromatic rings. The van der Waals surface area contributed by atoms with Crippen LogP contribution in [-0.2, 0) is 11.3 Å². The van der Waals surface area contributed by atoms with Crippen LogP contribution in [0.15, 0.2) is 48.5 Å². The molecule has 1 saturated carbocycles. The minimum Gasteiger partial charge on any atom is -0.345 e. The van der Waals surface area contributed by atoms with Crippen molar-refractivity contribution in [2.24, 2.45) is 11.8 Å². The number of anilines is 1. The highest BCUT2D eigenvalue weighted by atomic mass is 16.2. The van der Waals surface area contributed by atoms with Crippen molar-refractivity contribution in [1.82, 2.24) is 9.80 Å². The van der Waals surface area contributed by atoms with Crippen molar-refractivity contribution in [3.63, 3.8) is 0 Å². The zero-order valence-electron chi connectivity index (χ0n) is 18.0. The highest BCUT2D eigenvalue weighted by Crippen LogP contribution is 2.38. The lowest BCUT2D eigenvalue weighted by molar-refractivity contribution is -0.117. The minimum atomic E-state index is -0.0698. The van der Waals surface area contributed by atoms with Crippen LogP contribution in [-0.4, -0.2) is 48.2 Å². The van der Waals surface area contributed by atoms with E-state index in [2.05, 4.69) is 12.2 Å². The Morgan fingerprint density at radius 1 is 0.933 bits per heavy atom. The van der Waals surface area contributed by atoms with E-state index in [0.29, 0.717) is 35.8 Å². The van der Waals surface area contributed by atoms with Gasteiger partial charge >= 0.3 is 0 Å². The maximum atomic E-state index is 12.9. The maximum Gasteiger partial charge on any atom is 0.254 e. The number of hydrogen-bond acceptors (Lipinski definition) is 3. The average Bonchev–Trinajstić information content (AvgIpc) is 3.48. The van der Waals surface area contributed by atoms with Crippen molar-refractivity contribution in [3.8, 4) is 0 Å². The number of carbonyl (C=O) groups is 3. The summed E-state index contributed by atoms with van der Waals surface area (Å²) in [4.78, 5) is 40.3. The van der Waals surface area contributed by atoms with Gasteiger partial charge in [0.15, 0.2) is 0 Å². The van der Waals surface area contributed by atoms with Crippen LogP contribution in [0.3, 0.4) is 0 Å². The van der Waals surface area contributed by atoms with Crippen LogP contribution in [0.2, 0.25) is 0 Å². The number of hydrogen-bond donors (Lipinski definition) is 1. The fourth-order valence-corrected chi connectivity index (χ4v) is 3.36. The maximum absolute atomic E-state index is 12.9. The molecule has 0 saturated heterocycles. The van der Waals surface area contributed by atoms with Crippen molar-refractivity contribution >= 4 is 23.4 Å². The summed E-state index contributed by atoms with van der Waals surface area (Å²) in [5.41, 5.74) is 2.87. The Balaban J connectivity index is 1.62. The highest BCUT2D eigenvalue weighted by Gasteiger charge is 2.39. The van der Waals surface area contributed by atoms with Crippen LogP contribution in [0.25, 0.3) is 0 Å². The predicted molar refractivity (Wildman–Crippen MR) is 117 cm³/mol. The highest BCUT2D eigenvalue weighted by molar-refractivity contribution is 5.97. The van der Waals surface area contributed by atoms with Crippen molar-refractivity contribution in [2.75, 3.05) is 26.0 Å². The number of carbonyl (C=O) groups excluding carboxylic acids is 3. The van der Waals surface area contributed by atoms with E-state index in [4.69, 9.17) is 0 Å². The third-order valence-corrected chi connectivity index (χ3v) is 5.50. The quantitative estimate of drug-likeness (QED) is 0.762. The van der Waals surface area contributed by atoms with Crippen LogP contribution < -0.4 is 5.32 Å². The Kier molecular flexibility index (Phi) is 6.55. The Hall–Kier alpha value is -3.15. The lowest BCUT2D eigenvalue weighted by Crippen LogP contribution is -2.30. The molecule has 0 aliphatic heterocycles. The summed E-state index contributed by atoms with van der Waals surface area (Å²) in [6, 6.07) is 14.4. The molecule has 1 N–H and O–H groups in total. The van der Waals surface area contributed by atoms with Gasteiger partial charge < -0.3 is 15.1 Å². The second kappa shape index (κ2) is 9.11. The number of benzene rings is 2. The summed E-state index contributed by atoms with van der Waals surface area (Å²) >= 11 is 0. The first-order valence-corrected chi connectivity index (χ1v) is 10.3. The average molecular weight is 408 g/mol. The minimum absolute atomic E-state index is 0.0479. The second-order valence-corrected chi connectivity index (χ2v) is 8.10. The summed E-state index contributed by atoms with van der Waals surface area (Å²) in [6.45, 7) is 5.03. The van der Waals surface area contributed by atoms with Gasteiger partial charge in [-0.15, -0.1) is 0 Å². The topological polar surface area (TPSA) is 69.7 Å². The summed E-state index contributed by atoms with van der Waals surface area (Å²) in [5.74, 6) is 0.501. The van der Waals surface area contributed by atoms with Crippen molar-refractivity contribution in [1.29, 1.82) is 0 Å². The predicted octanol–water partition coefficient (Wildman–Crippen LogP) is 3.65. The first-order chi connectivity index (χ1) is 14.3. The first kappa shape index (κ1) is 21.6. The van der Waals surface area contributed by atoms with E-state index in [-0.39, 0.29) is 23.6 Å². The molecule has 0 heterocycles. The third-order valence-electron chi connectivity index (χ3n) is 5.50. The van der Waals surface area contributed by atoms with Gasteiger partial charge in [-0.3, -0.25) is 14.4 Å². The second-order valence-electron chi connectivity index (χ2n) is 8.10. The first-order valence-electron chi connectivity index (χ1n) is 10.3. The van der Waals surface area contributed by atoms with E-state index in [1.807, 2.05) is 19.1 Å². The summed E-state index contributed by atoms with van der Waals surface area (Å²) in [7, 11) is 3.44. The molecule has 1 aliphatic carbocycles. The SMILES string of the molecule is CCN(Cc1ccc(C(=O)N(C)C)cc1)C(=O)c1ccc(NC(=O)C2CC2C)cc1. The molecule has 1 aliphatic rings. The lowest BCUT2D eigenvalue weighted by atomic mass is 10.1. The lowest BCUT2D eigenvalue weighted by Gasteiger charge is -2.21. The van der Waals surface area contributed by atoms with Gasteiger partial charge in [0.05, 0.1) is 0 Å². The number of amides is 3. The van der Waals surface area contributed by atoms with Gasteiger partial charge in [-0.25, -0.2) is 0 Å². The Labute approximate surface area is 177 Å². The van der Waals surface area contributed by atoms with E-state index in [1.54, 1.807) is 55.4 Å². The molecule has 0 bridgehead atoms. The van der Waals surface area contributed by atoms with Crippen molar-refractivity contribution < 1.29 is 14.4 Å². The molecule has 6 nitrogen and oxygen atoms in total. The van der Waals surface area contributed by atoms with Gasteiger partial charge in [0.2, 0.25) is 5.91 Å². The molecule has 2 unspecified atom stereocenters. The van der Waals surface area contributed by atoms with Gasteiger partial charge in [-0.2, -0.15) is 0 Å². The molecule has 3 rings (SSSR count). The Bertz CT molecular complexity index is 920. The number of nitrogens with one attached hydrogen (secondary N) is 1. The normalized spacial score (nSPS) is 17.2. The van der Waals surface area contributed by atoms with Gasteiger partial charge in [-0.1, -0.05) is 19.1 Å². The van der Waals surface area contributed by atoms with E-state index in [0.717, 1.165) is 12.0 Å². The largest absolute Gasteiger partial charge is 0.345 e. The van der Waals surface area contributed by atoms with Gasteiger partial charge in [0.25, 0.3) is 11.8 Å². The number of rotatable bonds is 7. The standard InChI is InChI=1S/C24H29N3O3/c1-5-27(15-17-6-8-18(9-7-17)23(29)26(3)4)24(30)19-10-12-20(13-11-19)25-22(28)21-14-16(21)2/h6-13,16,21H,5,14-15H2,1-4H3,(H,25,28). The van der Waals surface area contributed by atoms with Gasteiger partial charge in [-0.05, 0) is 61.2 Å². The Morgan fingerprint density at radius 3 is 1.97 bits per heavy atom. The Morgan fingerprint density at radius 2 is 1.47 bits per heavy atom. The molecular weight excluding hydrogens is 378 g/mol. The van der Waals surface area contributed by atoms with Crippen molar-refractivity contribution in [3.05, 3.63) is 65.2 Å². The molecular formula is C24H29N3O3. The summed E-state index contributed by atoms with van der Waals surface area (Å²) < 4.78 is 0. The fraction of sp³-hybridized carbons (Fsp3) is 0.375. The van der Waals surface area contributed by atoms with Gasteiger partial charge in [0.1, 0.15) is 0 Å². The van der Waals surface area contributed by atoms with Crippen LogP contribution in [0.5, 0.6) is 0 Å². The molecule has 2 aromatic carbocycles. The third kappa shape index (κ3) is 5.06. The molecule has 6 heteroatoms. The van der Waals surface area contributed by atoms with E-state index in [1.165, 1.54) is 4.90 Å². The smallest absolute Gasteiger partial charge is 0.254 e. The molecule has 1 fully saturated rings. The molecule has 3 amide bonds. The number of nitrogens with zero attached hydrogens (tertiary/aromatic N) is 2. The molecule has 158 valence electrons. The monoisotopic (exact) mass is 407 g/mol. The van der Waals surface area contributed by atoms with Crippen LogP contribution in [0.4, 0.5) is 5.69 Å². The van der Waals surface area contributed by atoms with E-state index >= 15 is 0 Å². The van der Waals surface area contributed by atoms with Crippen LogP contribution in [0.1, 0.15) is 46.5 Å². The van der Waals surface area contributed by atoms with Crippen LogP contribution in [0, 0.1) is 11.8 Å². The molecule has 0 radical (unpaired) electrons. The van der Waals surface area contributed by atoms with Crippen molar-refractivity contribution in [2.45, 2.75) is 26.8 Å². The summed E-state index contributed by atoms with van der Waals surface area (Å²) in [6.07, 6.45) is 0.943. The van der Waals surface area contributed by atoms with E-state index in [9.17, 15) is 14.4 Å². The molecule has 30 heavy (non-hydrogen) atoms. The zero-order valence-corrected chi connectivity index (χ0v) is 18.0. The molecule has 2 atom stereocenters.